The molecule has 0 aliphatic rings. The minimum atomic E-state index is -0.418. The van der Waals surface area contributed by atoms with Gasteiger partial charge in [0.05, 0.1) is 11.4 Å². The first-order valence-corrected chi connectivity index (χ1v) is 9.95. The number of hydrogen-bond acceptors (Lipinski definition) is 4. The number of halogens is 2. The van der Waals surface area contributed by atoms with E-state index in [0.29, 0.717) is 28.1 Å². The van der Waals surface area contributed by atoms with Gasteiger partial charge >= 0.3 is 0 Å². The summed E-state index contributed by atoms with van der Waals surface area (Å²) in [5.41, 5.74) is 3.25. The van der Waals surface area contributed by atoms with Gasteiger partial charge in [0.15, 0.2) is 0 Å². The average molecular weight is 465 g/mol. The number of rotatable bonds is 4. The lowest BCUT2D eigenvalue weighted by Gasteiger charge is -2.21. The maximum absolute atomic E-state index is 14.0. The van der Waals surface area contributed by atoms with Gasteiger partial charge in [0.25, 0.3) is 0 Å². The van der Waals surface area contributed by atoms with Crippen LogP contribution < -0.4 is 10.9 Å². The highest BCUT2D eigenvalue weighted by Gasteiger charge is 2.14. The Hall–Kier alpha value is -3.35. The van der Waals surface area contributed by atoms with Crippen molar-refractivity contribution in [3.8, 4) is 33.8 Å². The molecule has 0 fully saturated rings. The van der Waals surface area contributed by atoms with Gasteiger partial charge in [-0.3, -0.25) is 5.01 Å². The fourth-order valence-corrected chi connectivity index (χ4v) is 3.53. The third-order valence-electron chi connectivity index (χ3n) is 4.84. The Labute approximate surface area is 181 Å². The lowest BCUT2D eigenvalue weighted by molar-refractivity contribution is 0.477. The van der Waals surface area contributed by atoms with Crippen molar-refractivity contribution in [2.45, 2.75) is 0 Å². The number of nitrogens with two attached hydrogens (primary N) is 1. The lowest BCUT2D eigenvalue weighted by atomic mass is 10.0. The Kier molecular flexibility index (Phi) is 5.44. The van der Waals surface area contributed by atoms with E-state index in [0.717, 1.165) is 10.0 Å². The minimum absolute atomic E-state index is 0.0810. The Bertz CT molecular complexity index is 1210. The molecule has 0 bridgehead atoms. The standard InChI is InChI=1S/C24H18BrFN2O2/c25-16-7-5-15(6-8-16)19-11-9-17(13-23(19)29)28(27)18-10-12-21(24(30)14-18)20-3-1-2-4-22(20)26/h1-14,29-30H,27H2. The number of phenols is 2. The molecule has 4 N–H and O–H groups in total. The third-order valence-corrected chi connectivity index (χ3v) is 5.37. The van der Waals surface area contributed by atoms with Gasteiger partial charge in [-0.05, 0) is 48.0 Å². The van der Waals surface area contributed by atoms with E-state index in [1.54, 1.807) is 48.5 Å². The highest BCUT2D eigenvalue weighted by atomic mass is 79.9. The minimum Gasteiger partial charge on any atom is -0.507 e. The molecule has 6 heteroatoms. The molecule has 0 aromatic heterocycles. The molecule has 0 amide bonds. The zero-order valence-electron chi connectivity index (χ0n) is 15.8. The van der Waals surface area contributed by atoms with Crippen molar-refractivity contribution >= 4 is 27.3 Å². The van der Waals surface area contributed by atoms with Gasteiger partial charge < -0.3 is 10.2 Å². The van der Waals surface area contributed by atoms with Crippen molar-refractivity contribution in [2.24, 2.45) is 5.84 Å². The second-order valence-electron chi connectivity index (χ2n) is 6.76. The molecular weight excluding hydrogens is 447 g/mol. The Morgan fingerprint density at radius 3 is 1.83 bits per heavy atom. The van der Waals surface area contributed by atoms with Crippen LogP contribution in [0, 0.1) is 5.82 Å². The number of aromatic hydroxyl groups is 2. The van der Waals surface area contributed by atoms with Gasteiger partial charge in [0.2, 0.25) is 0 Å². The molecule has 4 rings (SSSR count). The molecular formula is C24H18BrFN2O2. The predicted octanol–water partition coefficient (Wildman–Crippen LogP) is 6.35. The van der Waals surface area contributed by atoms with Gasteiger partial charge in [0, 0.05) is 33.3 Å². The normalized spacial score (nSPS) is 10.8. The van der Waals surface area contributed by atoms with Gasteiger partial charge in [-0.15, -0.1) is 0 Å². The number of hydrazine groups is 1. The van der Waals surface area contributed by atoms with Crippen LogP contribution in [0.2, 0.25) is 0 Å². The molecule has 4 aromatic rings. The average Bonchev–Trinajstić information content (AvgIpc) is 2.74. The van der Waals surface area contributed by atoms with Crippen LogP contribution in [-0.4, -0.2) is 10.2 Å². The summed E-state index contributed by atoms with van der Waals surface area (Å²) >= 11 is 3.40. The molecule has 0 heterocycles. The van der Waals surface area contributed by atoms with Crippen molar-refractivity contribution in [3.63, 3.8) is 0 Å². The largest absolute Gasteiger partial charge is 0.507 e. The molecule has 0 atom stereocenters. The van der Waals surface area contributed by atoms with E-state index in [1.165, 1.54) is 17.1 Å². The topological polar surface area (TPSA) is 69.7 Å². The summed E-state index contributed by atoms with van der Waals surface area (Å²) in [7, 11) is 0. The molecule has 150 valence electrons. The zero-order valence-corrected chi connectivity index (χ0v) is 17.3. The fourth-order valence-electron chi connectivity index (χ4n) is 3.27. The van der Waals surface area contributed by atoms with Crippen LogP contribution in [0.15, 0.2) is 89.4 Å². The smallest absolute Gasteiger partial charge is 0.131 e. The van der Waals surface area contributed by atoms with Crippen LogP contribution in [0.4, 0.5) is 15.8 Å². The summed E-state index contributed by atoms with van der Waals surface area (Å²) in [5, 5.41) is 22.3. The van der Waals surface area contributed by atoms with E-state index < -0.39 is 5.82 Å². The summed E-state index contributed by atoms with van der Waals surface area (Å²) in [6, 6.07) is 23.7. The zero-order chi connectivity index (χ0) is 21.3. The molecule has 0 spiro atoms. The molecule has 0 saturated carbocycles. The number of anilines is 2. The summed E-state index contributed by atoms with van der Waals surface area (Å²) < 4.78 is 15.0. The van der Waals surface area contributed by atoms with E-state index in [1.807, 2.05) is 24.3 Å². The van der Waals surface area contributed by atoms with Crippen LogP contribution in [0.3, 0.4) is 0 Å². The molecule has 0 radical (unpaired) electrons. The van der Waals surface area contributed by atoms with Crippen molar-refractivity contribution in [2.75, 3.05) is 5.01 Å². The van der Waals surface area contributed by atoms with Crippen molar-refractivity contribution in [3.05, 3.63) is 95.2 Å². The molecule has 0 unspecified atom stereocenters. The second kappa shape index (κ2) is 8.18. The van der Waals surface area contributed by atoms with Crippen molar-refractivity contribution in [1.29, 1.82) is 0 Å². The van der Waals surface area contributed by atoms with Crippen molar-refractivity contribution in [1.82, 2.24) is 0 Å². The van der Waals surface area contributed by atoms with E-state index in [9.17, 15) is 14.6 Å². The van der Waals surface area contributed by atoms with Gasteiger partial charge in [0.1, 0.15) is 17.3 Å². The summed E-state index contributed by atoms with van der Waals surface area (Å²) in [5.74, 6) is 5.78. The first kappa shape index (κ1) is 19.9. The predicted molar refractivity (Wildman–Crippen MR) is 121 cm³/mol. The molecule has 4 aromatic carbocycles. The van der Waals surface area contributed by atoms with Crippen LogP contribution in [-0.2, 0) is 0 Å². The number of hydrogen-bond donors (Lipinski definition) is 3. The summed E-state index contributed by atoms with van der Waals surface area (Å²) in [4.78, 5) is 0. The molecule has 0 aliphatic carbocycles. The van der Waals surface area contributed by atoms with Gasteiger partial charge in [-0.2, -0.15) is 0 Å². The fraction of sp³-hybridized carbons (Fsp3) is 0. The Morgan fingerprint density at radius 2 is 1.27 bits per heavy atom. The van der Waals surface area contributed by atoms with Gasteiger partial charge in [-0.1, -0.05) is 46.3 Å². The number of nitrogens with zero attached hydrogens (tertiary/aromatic N) is 1. The van der Waals surface area contributed by atoms with E-state index >= 15 is 0 Å². The lowest BCUT2D eigenvalue weighted by Crippen LogP contribution is -2.24. The molecule has 30 heavy (non-hydrogen) atoms. The number of benzene rings is 4. The number of phenolic OH excluding ortho intramolecular Hbond substituents is 2. The highest BCUT2D eigenvalue weighted by molar-refractivity contribution is 9.10. The highest BCUT2D eigenvalue weighted by Crippen LogP contribution is 2.37. The van der Waals surface area contributed by atoms with Gasteiger partial charge in [-0.25, -0.2) is 10.2 Å². The molecule has 0 aliphatic heterocycles. The first-order chi connectivity index (χ1) is 14.4. The van der Waals surface area contributed by atoms with E-state index in [4.69, 9.17) is 5.84 Å². The maximum atomic E-state index is 14.0. The van der Waals surface area contributed by atoms with E-state index in [-0.39, 0.29) is 11.5 Å². The van der Waals surface area contributed by atoms with Crippen LogP contribution in [0.25, 0.3) is 22.3 Å². The van der Waals surface area contributed by atoms with Crippen molar-refractivity contribution < 1.29 is 14.6 Å². The second-order valence-corrected chi connectivity index (χ2v) is 7.68. The van der Waals surface area contributed by atoms with E-state index in [2.05, 4.69) is 15.9 Å². The van der Waals surface area contributed by atoms with Crippen LogP contribution in [0.5, 0.6) is 11.5 Å². The third kappa shape index (κ3) is 3.87. The Morgan fingerprint density at radius 1 is 0.700 bits per heavy atom. The molecule has 0 saturated heterocycles. The SMILES string of the molecule is NN(c1ccc(-c2ccc(Br)cc2)c(O)c1)c1ccc(-c2ccccc2F)c(O)c1. The molecule has 4 nitrogen and oxygen atoms in total. The quantitative estimate of drug-likeness (QED) is 0.243. The maximum Gasteiger partial charge on any atom is 0.131 e. The Balaban J connectivity index is 1.64. The summed E-state index contributed by atoms with van der Waals surface area (Å²) in [6.45, 7) is 0. The van der Waals surface area contributed by atoms with Crippen LogP contribution >= 0.6 is 15.9 Å². The van der Waals surface area contributed by atoms with Crippen LogP contribution in [0.1, 0.15) is 0 Å². The summed E-state index contributed by atoms with van der Waals surface area (Å²) in [6.07, 6.45) is 0. The first-order valence-electron chi connectivity index (χ1n) is 9.16. The monoisotopic (exact) mass is 464 g/mol.